The number of nitrogens with one attached hydrogen (secondary N) is 2. The lowest BCUT2D eigenvalue weighted by Gasteiger charge is -2.21. The molecule has 3 amide bonds. The zero-order valence-electron chi connectivity index (χ0n) is 12.5. The zero-order valence-corrected chi connectivity index (χ0v) is 12.5. The number of aliphatic imine (C=N–C) groups is 1. The van der Waals surface area contributed by atoms with Gasteiger partial charge in [0.05, 0.1) is 13.1 Å². The summed E-state index contributed by atoms with van der Waals surface area (Å²) >= 11 is 0. The minimum absolute atomic E-state index is 0.0803. The highest BCUT2D eigenvalue weighted by Crippen LogP contribution is 2.16. The van der Waals surface area contributed by atoms with Crippen molar-refractivity contribution in [3.8, 4) is 0 Å². The molecule has 0 aliphatic carbocycles. The Kier molecular flexibility index (Phi) is 5.38. The van der Waals surface area contributed by atoms with Gasteiger partial charge in [0.1, 0.15) is 0 Å². The lowest BCUT2D eigenvalue weighted by atomic mass is 10.2. The van der Waals surface area contributed by atoms with Crippen LogP contribution in [0.25, 0.3) is 0 Å². The molecule has 2 aliphatic rings. The number of imide groups is 1. The van der Waals surface area contributed by atoms with E-state index in [1.54, 1.807) is 0 Å². The molecule has 8 heteroatoms. The van der Waals surface area contributed by atoms with Gasteiger partial charge in [0.25, 0.3) is 0 Å². The molecule has 0 saturated carbocycles. The summed E-state index contributed by atoms with van der Waals surface area (Å²) in [7, 11) is 0. The van der Waals surface area contributed by atoms with Crippen LogP contribution < -0.4 is 16.4 Å². The lowest BCUT2D eigenvalue weighted by molar-refractivity contribution is -0.124. The second-order valence-electron chi connectivity index (χ2n) is 5.28. The quantitative estimate of drug-likeness (QED) is 0.329. The molecule has 0 aromatic carbocycles. The third-order valence-corrected chi connectivity index (χ3v) is 3.96. The number of amides is 3. The maximum atomic E-state index is 11.4. The number of urea groups is 1. The zero-order chi connectivity index (χ0) is 15.2. The third kappa shape index (κ3) is 4.07. The number of likely N-dealkylation sites (N-methyl/N-ethyl adjacent to an activating group) is 1. The van der Waals surface area contributed by atoms with Crippen LogP contribution in [0.1, 0.15) is 19.8 Å². The molecule has 118 valence electrons. The molecule has 2 heterocycles. The topological polar surface area (TPSA) is 103 Å². The lowest BCUT2D eigenvalue weighted by Crippen LogP contribution is -2.41. The van der Waals surface area contributed by atoms with Crippen molar-refractivity contribution in [1.82, 2.24) is 20.4 Å². The molecule has 4 N–H and O–H groups in total. The first-order chi connectivity index (χ1) is 10.1. The molecule has 0 spiro atoms. The van der Waals surface area contributed by atoms with Crippen molar-refractivity contribution in [3.63, 3.8) is 0 Å². The van der Waals surface area contributed by atoms with Crippen LogP contribution in [0.5, 0.6) is 0 Å². The van der Waals surface area contributed by atoms with Gasteiger partial charge in [0, 0.05) is 19.1 Å². The van der Waals surface area contributed by atoms with Crippen LogP contribution in [0.15, 0.2) is 4.99 Å². The fraction of sp³-hybridized carbons (Fsp3) is 0.769. The Balaban J connectivity index is 1.69. The molecular weight excluding hydrogens is 272 g/mol. The monoisotopic (exact) mass is 296 g/mol. The number of nitrogens with zero attached hydrogens (tertiary/aromatic N) is 3. The fourth-order valence-corrected chi connectivity index (χ4v) is 2.76. The molecule has 2 aliphatic heterocycles. The normalized spacial score (nSPS) is 23.8. The molecule has 0 radical (unpaired) electrons. The van der Waals surface area contributed by atoms with Crippen LogP contribution >= 0.6 is 0 Å². The van der Waals surface area contributed by atoms with Crippen molar-refractivity contribution in [2.24, 2.45) is 10.7 Å². The predicted molar refractivity (Wildman–Crippen MR) is 79.9 cm³/mol. The van der Waals surface area contributed by atoms with E-state index in [0.29, 0.717) is 31.6 Å². The van der Waals surface area contributed by atoms with Crippen molar-refractivity contribution < 1.29 is 9.59 Å². The van der Waals surface area contributed by atoms with Gasteiger partial charge in [-0.15, -0.1) is 0 Å². The second kappa shape index (κ2) is 7.26. The van der Waals surface area contributed by atoms with E-state index in [1.165, 1.54) is 11.3 Å². The van der Waals surface area contributed by atoms with E-state index in [0.717, 1.165) is 19.5 Å². The molecule has 1 unspecified atom stereocenters. The first kappa shape index (κ1) is 15.6. The summed E-state index contributed by atoms with van der Waals surface area (Å²) in [6, 6.07) is 0.128. The smallest absolute Gasteiger partial charge is 0.324 e. The van der Waals surface area contributed by atoms with E-state index in [9.17, 15) is 9.59 Å². The molecule has 0 bridgehead atoms. The SMILES string of the molecule is CCN1CCCC1CN=C(N)NCCN1C(=O)CNC1=O. The van der Waals surface area contributed by atoms with Gasteiger partial charge in [-0.1, -0.05) is 6.92 Å². The van der Waals surface area contributed by atoms with E-state index in [4.69, 9.17) is 5.73 Å². The summed E-state index contributed by atoms with van der Waals surface area (Å²) in [5.74, 6) is 0.159. The van der Waals surface area contributed by atoms with Crippen LogP contribution in [0.3, 0.4) is 0 Å². The van der Waals surface area contributed by atoms with Gasteiger partial charge in [-0.3, -0.25) is 19.6 Å². The van der Waals surface area contributed by atoms with Gasteiger partial charge in [-0.25, -0.2) is 4.79 Å². The number of rotatable bonds is 6. The molecule has 1 atom stereocenters. The minimum Gasteiger partial charge on any atom is -0.370 e. The highest BCUT2D eigenvalue weighted by Gasteiger charge is 2.27. The minimum atomic E-state index is -0.346. The van der Waals surface area contributed by atoms with Crippen LogP contribution in [0.4, 0.5) is 4.79 Å². The summed E-state index contributed by atoms with van der Waals surface area (Å²) in [4.78, 5) is 30.6. The number of hydrogen-bond acceptors (Lipinski definition) is 4. The van der Waals surface area contributed by atoms with Crippen molar-refractivity contribution in [2.75, 3.05) is 39.3 Å². The van der Waals surface area contributed by atoms with Gasteiger partial charge >= 0.3 is 6.03 Å². The molecule has 2 fully saturated rings. The molecular formula is C13H24N6O2. The Morgan fingerprint density at radius 3 is 3.00 bits per heavy atom. The number of guanidine groups is 1. The van der Waals surface area contributed by atoms with Gasteiger partial charge in [0.2, 0.25) is 5.91 Å². The number of nitrogens with two attached hydrogens (primary N) is 1. The van der Waals surface area contributed by atoms with Crippen LogP contribution in [0.2, 0.25) is 0 Å². The van der Waals surface area contributed by atoms with Crippen LogP contribution in [-0.2, 0) is 4.79 Å². The summed E-state index contributed by atoms with van der Waals surface area (Å²) in [5.41, 5.74) is 5.81. The Bertz CT molecular complexity index is 409. The highest BCUT2D eigenvalue weighted by molar-refractivity contribution is 6.01. The van der Waals surface area contributed by atoms with E-state index in [1.807, 2.05) is 0 Å². The Morgan fingerprint density at radius 2 is 2.33 bits per heavy atom. The van der Waals surface area contributed by atoms with Gasteiger partial charge < -0.3 is 16.4 Å². The summed E-state index contributed by atoms with van der Waals surface area (Å²) in [6.45, 7) is 5.81. The first-order valence-corrected chi connectivity index (χ1v) is 7.48. The standard InChI is InChI=1S/C13H24N6O2/c1-2-18-6-3-4-10(18)8-16-12(14)15-5-7-19-11(20)9-17-13(19)21/h10H,2-9H2,1H3,(H,17,21)(H3,14,15,16). The van der Waals surface area contributed by atoms with Gasteiger partial charge in [0.15, 0.2) is 5.96 Å². The fourth-order valence-electron chi connectivity index (χ4n) is 2.76. The van der Waals surface area contributed by atoms with Crippen molar-refractivity contribution in [3.05, 3.63) is 0 Å². The van der Waals surface area contributed by atoms with Crippen molar-refractivity contribution >= 4 is 17.9 Å². The van der Waals surface area contributed by atoms with E-state index < -0.39 is 0 Å². The molecule has 0 aromatic heterocycles. The maximum Gasteiger partial charge on any atom is 0.324 e. The Hall–Kier alpha value is -1.83. The largest absolute Gasteiger partial charge is 0.370 e. The van der Waals surface area contributed by atoms with E-state index in [2.05, 4.69) is 27.4 Å². The van der Waals surface area contributed by atoms with Gasteiger partial charge in [-0.05, 0) is 25.9 Å². The molecule has 2 rings (SSSR count). The first-order valence-electron chi connectivity index (χ1n) is 7.48. The summed E-state index contributed by atoms with van der Waals surface area (Å²) < 4.78 is 0. The Labute approximate surface area is 124 Å². The van der Waals surface area contributed by atoms with Crippen LogP contribution in [-0.4, -0.2) is 73.0 Å². The van der Waals surface area contributed by atoms with Crippen LogP contribution in [0, 0.1) is 0 Å². The van der Waals surface area contributed by atoms with Gasteiger partial charge in [-0.2, -0.15) is 0 Å². The van der Waals surface area contributed by atoms with Crippen molar-refractivity contribution in [1.29, 1.82) is 0 Å². The average Bonchev–Trinajstić information content (AvgIpc) is 3.05. The maximum absolute atomic E-state index is 11.4. The highest BCUT2D eigenvalue weighted by atomic mass is 16.2. The third-order valence-electron chi connectivity index (χ3n) is 3.96. The molecule has 8 nitrogen and oxygen atoms in total. The second-order valence-corrected chi connectivity index (χ2v) is 5.28. The molecule has 0 aromatic rings. The van der Waals surface area contributed by atoms with E-state index in [-0.39, 0.29) is 18.5 Å². The average molecular weight is 296 g/mol. The molecule has 21 heavy (non-hydrogen) atoms. The summed E-state index contributed by atoms with van der Waals surface area (Å²) in [5, 5.41) is 5.42. The van der Waals surface area contributed by atoms with E-state index >= 15 is 0 Å². The summed E-state index contributed by atoms with van der Waals surface area (Å²) in [6.07, 6.45) is 2.38. The molecule has 2 saturated heterocycles. The van der Waals surface area contributed by atoms with Crippen molar-refractivity contribution in [2.45, 2.75) is 25.8 Å². The number of likely N-dealkylation sites (tertiary alicyclic amines) is 1. The Morgan fingerprint density at radius 1 is 1.52 bits per heavy atom. The number of carbonyl (C=O) groups is 2. The number of carbonyl (C=O) groups excluding carboxylic acids is 2. The number of hydrogen-bond donors (Lipinski definition) is 3. The predicted octanol–water partition coefficient (Wildman–Crippen LogP) is -1.07.